The van der Waals surface area contributed by atoms with Crippen molar-refractivity contribution in [1.82, 2.24) is 4.90 Å². The lowest BCUT2D eigenvalue weighted by Crippen LogP contribution is -2.42. The van der Waals surface area contributed by atoms with E-state index >= 15 is 0 Å². The van der Waals surface area contributed by atoms with Crippen LogP contribution in [0.2, 0.25) is 0 Å². The molecule has 1 aliphatic rings. The third kappa shape index (κ3) is 2.59. The van der Waals surface area contributed by atoms with Gasteiger partial charge in [-0.2, -0.15) is 0 Å². The van der Waals surface area contributed by atoms with Gasteiger partial charge in [0.1, 0.15) is 6.54 Å². The molecule has 0 bridgehead atoms. The second-order valence-electron chi connectivity index (χ2n) is 4.22. The highest BCUT2D eigenvalue weighted by Crippen LogP contribution is 2.37. The first-order valence-corrected chi connectivity index (χ1v) is 7.38. The molecule has 2 heterocycles. The van der Waals surface area contributed by atoms with E-state index < -0.39 is 0 Å². The fraction of sp³-hybridized carbons (Fsp3) is 0.500. The van der Waals surface area contributed by atoms with E-state index in [1.807, 2.05) is 6.07 Å². The molecule has 1 aromatic rings. The molecule has 1 aliphatic heterocycles. The molecule has 0 saturated carbocycles. The van der Waals surface area contributed by atoms with Crippen molar-refractivity contribution in [2.24, 2.45) is 0 Å². The summed E-state index contributed by atoms with van der Waals surface area (Å²) in [6.45, 7) is 4.76. The molecular weight excluding hydrogens is 318 g/mol. The zero-order chi connectivity index (χ0) is 13.3. The first kappa shape index (κ1) is 13.5. The Labute approximate surface area is 118 Å². The molecule has 1 unspecified atom stereocenters. The van der Waals surface area contributed by atoms with Gasteiger partial charge in [0.2, 0.25) is 0 Å². The van der Waals surface area contributed by atoms with E-state index in [1.54, 1.807) is 23.2 Å². The van der Waals surface area contributed by atoms with Gasteiger partial charge < -0.3 is 9.64 Å². The predicted octanol–water partition coefficient (Wildman–Crippen LogP) is 2.63. The second-order valence-corrected chi connectivity index (χ2v) is 6.68. The highest BCUT2D eigenvalue weighted by Gasteiger charge is 2.32. The number of rotatable bonds is 3. The number of nitrogens with zero attached hydrogens (tertiary/aromatic N) is 1. The minimum absolute atomic E-state index is 0.0317. The van der Waals surface area contributed by atoms with Gasteiger partial charge in [0.05, 0.1) is 16.0 Å². The Morgan fingerprint density at radius 2 is 2.39 bits per heavy atom. The van der Waals surface area contributed by atoms with Crippen LogP contribution in [0.4, 0.5) is 0 Å². The summed E-state index contributed by atoms with van der Waals surface area (Å²) >= 11 is 4.99. The highest BCUT2D eigenvalue weighted by molar-refractivity contribution is 9.11. The normalized spacial score (nSPS) is 18.7. The summed E-state index contributed by atoms with van der Waals surface area (Å²) < 4.78 is 5.83. The van der Waals surface area contributed by atoms with E-state index in [2.05, 4.69) is 22.9 Å². The van der Waals surface area contributed by atoms with Gasteiger partial charge >= 0.3 is 5.97 Å². The van der Waals surface area contributed by atoms with Crippen molar-refractivity contribution in [3.8, 4) is 0 Å². The average Bonchev–Trinajstić information content (AvgIpc) is 2.69. The van der Waals surface area contributed by atoms with Crippen molar-refractivity contribution in [2.45, 2.75) is 19.8 Å². The monoisotopic (exact) mass is 331 g/mol. The molecule has 0 fully saturated rings. The molecule has 0 aromatic carbocycles. The number of fused-ring (bicyclic) bond motifs is 1. The van der Waals surface area contributed by atoms with Crippen molar-refractivity contribution >= 4 is 39.1 Å². The fourth-order valence-corrected chi connectivity index (χ4v) is 3.74. The Bertz CT molecular complexity index is 486. The lowest BCUT2D eigenvalue weighted by Gasteiger charge is -2.29. The minimum atomic E-state index is -0.351. The van der Waals surface area contributed by atoms with Crippen molar-refractivity contribution < 1.29 is 14.3 Å². The van der Waals surface area contributed by atoms with Crippen LogP contribution in [0, 0.1) is 0 Å². The van der Waals surface area contributed by atoms with Crippen molar-refractivity contribution in [3.63, 3.8) is 0 Å². The Morgan fingerprint density at radius 3 is 3.06 bits per heavy atom. The van der Waals surface area contributed by atoms with Gasteiger partial charge in [-0.15, -0.1) is 11.3 Å². The van der Waals surface area contributed by atoms with Gasteiger partial charge in [-0.1, -0.05) is 6.92 Å². The first-order valence-electron chi connectivity index (χ1n) is 5.77. The van der Waals surface area contributed by atoms with Gasteiger partial charge in [-0.05, 0) is 28.9 Å². The van der Waals surface area contributed by atoms with Crippen molar-refractivity contribution in [3.05, 3.63) is 20.3 Å². The Hall–Kier alpha value is -0.880. The largest absolute Gasteiger partial charge is 0.465 e. The van der Waals surface area contributed by atoms with Crippen molar-refractivity contribution in [1.29, 1.82) is 0 Å². The molecule has 6 heteroatoms. The molecule has 2 rings (SSSR count). The van der Waals surface area contributed by atoms with Crippen LogP contribution in [0.1, 0.15) is 35.0 Å². The Kier molecular flexibility index (Phi) is 4.07. The van der Waals surface area contributed by atoms with Gasteiger partial charge in [0.25, 0.3) is 5.91 Å². The van der Waals surface area contributed by atoms with Gasteiger partial charge in [-0.3, -0.25) is 9.59 Å². The van der Waals surface area contributed by atoms with Crippen LogP contribution in [0.15, 0.2) is 9.85 Å². The Balaban J connectivity index is 2.18. The number of halogens is 1. The first-order chi connectivity index (χ1) is 8.52. The zero-order valence-electron chi connectivity index (χ0n) is 10.2. The molecule has 4 nitrogen and oxygen atoms in total. The molecule has 0 radical (unpaired) electrons. The smallest absolute Gasteiger partial charge is 0.325 e. The van der Waals surface area contributed by atoms with Crippen molar-refractivity contribution in [2.75, 3.05) is 19.7 Å². The quantitative estimate of drug-likeness (QED) is 0.800. The van der Waals surface area contributed by atoms with Gasteiger partial charge in [0, 0.05) is 17.3 Å². The average molecular weight is 332 g/mol. The molecule has 1 amide bonds. The van der Waals surface area contributed by atoms with Gasteiger partial charge in [0.15, 0.2) is 0 Å². The molecule has 1 atom stereocenters. The summed E-state index contributed by atoms with van der Waals surface area (Å²) in [4.78, 5) is 26.3. The fourth-order valence-electron chi connectivity index (χ4n) is 2.07. The van der Waals surface area contributed by atoms with Crippen LogP contribution in [0.5, 0.6) is 0 Å². The lowest BCUT2D eigenvalue weighted by atomic mass is 10.00. The molecule has 0 N–H and O–H groups in total. The molecule has 1 aromatic heterocycles. The van der Waals surface area contributed by atoms with E-state index in [-0.39, 0.29) is 24.3 Å². The standard InChI is InChI=1S/C12H14BrNO3S/c1-3-17-10(15)6-14-5-7(2)11-8(12(14)16)4-9(13)18-11/h4,7H,3,5-6H2,1-2H3. The molecule has 0 spiro atoms. The molecule has 98 valence electrons. The number of ether oxygens (including phenoxy) is 1. The maximum Gasteiger partial charge on any atom is 0.325 e. The summed E-state index contributed by atoms with van der Waals surface area (Å²) in [5.74, 6) is -0.183. The van der Waals surface area contributed by atoms with E-state index in [0.29, 0.717) is 18.7 Å². The summed E-state index contributed by atoms with van der Waals surface area (Å²) in [5, 5.41) is 0. The number of thiophene rings is 1. The molecule has 18 heavy (non-hydrogen) atoms. The second kappa shape index (κ2) is 5.40. The van der Waals surface area contributed by atoms with E-state index in [9.17, 15) is 9.59 Å². The van der Waals surface area contributed by atoms with Crippen LogP contribution in [-0.4, -0.2) is 36.5 Å². The number of amides is 1. The van der Waals surface area contributed by atoms with E-state index in [4.69, 9.17) is 4.74 Å². The number of hydrogen-bond donors (Lipinski definition) is 0. The number of carbonyl (C=O) groups is 2. The van der Waals surface area contributed by atoms with Gasteiger partial charge in [-0.25, -0.2) is 0 Å². The maximum absolute atomic E-state index is 12.2. The third-order valence-electron chi connectivity index (χ3n) is 2.82. The van der Waals surface area contributed by atoms with Crippen LogP contribution >= 0.6 is 27.3 Å². The highest BCUT2D eigenvalue weighted by atomic mass is 79.9. The summed E-state index contributed by atoms with van der Waals surface area (Å²) in [6, 6.07) is 1.83. The SMILES string of the molecule is CCOC(=O)CN1CC(C)c2sc(Br)cc2C1=O. The molecule has 0 saturated heterocycles. The summed E-state index contributed by atoms with van der Waals surface area (Å²) in [7, 11) is 0. The van der Waals surface area contributed by atoms with E-state index in [0.717, 1.165) is 8.66 Å². The number of carbonyl (C=O) groups excluding carboxylic acids is 2. The summed E-state index contributed by atoms with van der Waals surface area (Å²) in [6.07, 6.45) is 0. The third-order valence-corrected chi connectivity index (χ3v) is 4.69. The lowest BCUT2D eigenvalue weighted by molar-refractivity contribution is -0.143. The van der Waals surface area contributed by atoms with Crippen LogP contribution in [0.25, 0.3) is 0 Å². The Morgan fingerprint density at radius 1 is 1.67 bits per heavy atom. The number of hydrogen-bond acceptors (Lipinski definition) is 4. The predicted molar refractivity (Wildman–Crippen MR) is 73.0 cm³/mol. The maximum atomic E-state index is 12.2. The summed E-state index contributed by atoms with van der Waals surface area (Å²) in [5.41, 5.74) is 0.704. The topological polar surface area (TPSA) is 46.6 Å². The van der Waals surface area contributed by atoms with Crippen LogP contribution < -0.4 is 0 Å². The van der Waals surface area contributed by atoms with E-state index in [1.165, 1.54) is 0 Å². The van der Waals surface area contributed by atoms with Crippen LogP contribution in [-0.2, 0) is 9.53 Å². The number of esters is 1. The molecule has 0 aliphatic carbocycles. The zero-order valence-corrected chi connectivity index (χ0v) is 12.6. The minimum Gasteiger partial charge on any atom is -0.465 e. The molecular formula is C12H14BrNO3S. The van der Waals surface area contributed by atoms with Crippen LogP contribution in [0.3, 0.4) is 0 Å².